The third kappa shape index (κ3) is 4.60. The zero-order valence-corrected chi connectivity index (χ0v) is 13.0. The van der Waals surface area contributed by atoms with Crippen LogP contribution in [0, 0.1) is 6.92 Å². The Kier molecular flexibility index (Phi) is 5.16. The van der Waals surface area contributed by atoms with Crippen molar-refractivity contribution >= 4 is 29.2 Å². The van der Waals surface area contributed by atoms with Gasteiger partial charge >= 0.3 is 0 Å². The maximum atomic E-state index is 11.9. The number of hydrogen-bond donors (Lipinski definition) is 2. The summed E-state index contributed by atoms with van der Waals surface area (Å²) in [6.45, 7) is 3.32. The van der Waals surface area contributed by atoms with Crippen molar-refractivity contribution in [3.8, 4) is 0 Å². The number of halogens is 1. The Bertz CT molecular complexity index is 667. The minimum absolute atomic E-state index is 0.178. The Labute approximate surface area is 132 Å². The van der Waals surface area contributed by atoms with E-state index in [9.17, 15) is 9.59 Å². The first-order chi connectivity index (χ1) is 10.4. The van der Waals surface area contributed by atoms with E-state index in [1.165, 1.54) is 0 Å². The van der Waals surface area contributed by atoms with Crippen LogP contribution in [-0.2, 0) is 16.0 Å². The van der Waals surface area contributed by atoms with Gasteiger partial charge in [0, 0.05) is 11.1 Å². The average Bonchev–Trinajstić information content (AvgIpc) is 2.86. The molecule has 1 heterocycles. The third-order valence-electron chi connectivity index (χ3n) is 2.93. The zero-order chi connectivity index (χ0) is 16.1. The van der Waals surface area contributed by atoms with Crippen molar-refractivity contribution in [1.29, 1.82) is 0 Å². The number of aryl methyl sites for hydroxylation is 1. The van der Waals surface area contributed by atoms with Crippen LogP contribution >= 0.6 is 11.6 Å². The fourth-order valence-electron chi connectivity index (χ4n) is 1.81. The monoisotopic (exact) mass is 321 g/mol. The molecule has 2 rings (SSSR count). The van der Waals surface area contributed by atoms with E-state index < -0.39 is 6.04 Å². The number of hydrogen-bond acceptors (Lipinski definition) is 4. The topological polar surface area (TPSA) is 84.2 Å². The first kappa shape index (κ1) is 16.0. The predicted molar refractivity (Wildman–Crippen MR) is 82.6 cm³/mol. The summed E-state index contributed by atoms with van der Waals surface area (Å²) in [5.41, 5.74) is 0.821. The summed E-state index contributed by atoms with van der Waals surface area (Å²) in [5, 5.41) is 9.46. The third-order valence-corrected chi connectivity index (χ3v) is 3.18. The average molecular weight is 322 g/mol. The van der Waals surface area contributed by atoms with Crippen LogP contribution in [0.5, 0.6) is 0 Å². The van der Waals surface area contributed by atoms with Gasteiger partial charge in [0.05, 0.1) is 6.42 Å². The Morgan fingerprint density at radius 1 is 1.32 bits per heavy atom. The Balaban J connectivity index is 1.85. The summed E-state index contributed by atoms with van der Waals surface area (Å²) in [6.07, 6.45) is 0.178. The van der Waals surface area contributed by atoms with E-state index >= 15 is 0 Å². The van der Waals surface area contributed by atoms with Gasteiger partial charge in [0.2, 0.25) is 11.8 Å². The van der Waals surface area contributed by atoms with E-state index in [1.54, 1.807) is 44.2 Å². The van der Waals surface area contributed by atoms with Gasteiger partial charge in [-0.05, 0) is 31.5 Å². The molecule has 1 aromatic heterocycles. The predicted octanol–water partition coefficient (Wildman–Crippen LogP) is 2.32. The molecule has 0 fully saturated rings. The molecule has 1 aromatic carbocycles. The molecular weight excluding hydrogens is 306 g/mol. The van der Waals surface area contributed by atoms with Crippen LogP contribution in [0.25, 0.3) is 0 Å². The molecule has 6 nitrogen and oxygen atoms in total. The molecule has 2 N–H and O–H groups in total. The van der Waals surface area contributed by atoms with E-state index in [0.29, 0.717) is 16.6 Å². The van der Waals surface area contributed by atoms with Crippen molar-refractivity contribution in [1.82, 2.24) is 10.5 Å². The summed E-state index contributed by atoms with van der Waals surface area (Å²) in [4.78, 5) is 23.8. The summed E-state index contributed by atoms with van der Waals surface area (Å²) in [5.74, 6) is 0.301. The SMILES string of the molecule is Cc1cc(NC(=O)[C@H](C)NC(=O)Cc2ccc(Cl)cc2)no1. The molecular formula is C15H16ClN3O3. The van der Waals surface area contributed by atoms with Gasteiger partial charge in [0.15, 0.2) is 5.82 Å². The molecule has 116 valence electrons. The van der Waals surface area contributed by atoms with Crippen molar-refractivity contribution in [2.45, 2.75) is 26.3 Å². The second kappa shape index (κ2) is 7.09. The molecule has 0 bridgehead atoms. The zero-order valence-electron chi connectivity index (χ0n) is 12.2. The van der Waals surface area contributed by atoms with Crippen LogP contribution in [0.3, 0.4) is 0 Å². The first-order valence-electron chi connectivity index (χ1n) is 6.72. The number of carbonyl (C=O) groups excluding carboxylic acids is 2. The van der Waals surface area contributed by atoms with Crippen LogP contribution in [-0.4, -0.2) is 23.0 Å². The lowest BCUT2D eigenvalue weighted by molar-refractivity contribution is -0.125. The number of aromatic nitrogens is 1. The highest BCUT2D eigenvalue weighted by atomic mass is 35.5. The van der Waals surface area contributed by atoms with Gasteiger partial charge in [-0.3, -0.25) is 9.59 Å². The number of nitrogens with zero attached hydrogens (tertiary/aromatic N) is 1. The molecule has 22 heavy (non-hydrogen) atoms. The van der Waals surface area contributed by atoms with Crippen LogP contribution in [0.2, 0.25) is 5.02 Å². The van der Waals surface area contributed by atoms with Gasteiger partial charge in [-0.2, -0.15) is 0 Å². The van der Waals surface area contributed by atoms with Gasteiger partial charge in [-0.25, -0.2) is 0 Å². The van der Waals surface area contributed by atoms with Gasteiger partial charge in [-0.15, -0.1) is 0 Å². The van der Waals surface area contributed by atoms with Crippen molar-refractivity contribution in [2.24, 2.45) is 0 Å². The molecule has 0 unspecified atom stereocenters. The summed E-state index contributed by atoms with van der Waals surface area (Å²) >= 11 is 5.79. The Morgan fingerprint density at radius 2 is 2.00 bits per heavy atom. The summed E-state index contributed by atoms with van der Waals surface area (Å²) in [6, 6.07) is 7.88. The molecule has 0 saturated heterocycles. The summed E-state index contributed by atoms with van der Waals surface area (Å²) in [7, 11) is 0. The maximum absolute atomic E-state index is 11.9. The molecule has 0 aliphatic heterocycles. The molecule has 2 amide bonds. The molecule has 7 heteroatoms. The molecule has 2 aromatic rings. The normalized spacial score (nSPS) is 11.8. The molecule has 0 spiro atoms. The number of carbonyl (C=O) groups is 2. The van der Waals surface area contributed by atoms with Crippen molar-refractivity contribution in [3.63, 3.8) is 0 Å². The van der Waals surface area contributed by atoms with Gasteiger partial charge in [-0.1, -0.05) is 28.9 Å². The van der Waals surface area contributed by atoms with E-state index in [1.807, 2.05) is 0 Å². The van der Waals surface area contributed by atoms with Gasteiger partial charge < -0.3 is 15.2 Å². The van der Waals surface area contributed by atoms with Crippen molar-refractivity contribution in [3.05, 3.63) is 46.7 Å². The molecule has 1 atom stereocenters. The molecule has 0 aliphatic carbocycles. The Morgan fingerprint density at radius 3 is 2.59 bits per heavy atom. The Hall–Kier alpha value is -2.34. The van der Waals surface area contributed by atoms with Crippen LogP contribution < -0.4 is 10.6 Å². The van der Waals surface area contributed by atoms with E-state index in [2.05, 4.69) is 15.8 Å². The van der Waals surface area contributed by atoms with Crippen molar-refractivity contribution in [2.75, 3.05) is 5.32 Å². The lowest BCUT2D eigenvalue weighted by atomic mass is 10.1. The van der Waals surface area contributed by atoms with Crippen LogP contribution in [0.4, 0.5) is 5.82 Å². The van der Waals surface area contributed by atoms with E-state index in [-0.39, 0.29) is 18.2 Å². The fraction of sp³-hybridized carbons (Fsp3) is 0.267. The number of anilines is 1. The van der Waals surface area contributed by atoms with E-state index in [0.717, 1.165) is 5.56 Å². The van der Waals surface area contributed by atoms with Crippen molar-refractivity contribution < 1.29 is 14.1 Å². The second-order valence-corrected chi connectivity index (χ2v) is 5.34. The minimum atomic E-state index is -0.684. The highest BCUT2D eigenvalue weighted by molar-refractivity contribution is 6.30. The first-order valence-corrected chi connectivity index (χ1v) is 7.10. The number of benzene rings is 1. The number of amides is 2. The number of nitrogens with one attached hydrogen (secondary N) is 2. The molecule has 0 radical (unpaired) electrons. The van der Waals surface area contributed by atoms with E-state index in [4.69, 9.17) is 16.1 Å². The largest absolute Gasteiger partial charge is 0.360 e. The number of rotatable bonds is 5. The van der Waals surface area contributed by atoms with Crippen LogP contribution in [0.15, 0.2) is 34.9 Å². The lowest BCUT2D eigenvalue weighted by Gasteiger charge is -2.13. The highest BCUT2D eigenvalue weighted by Gasteiger charge is 2.17. The molecule has 0 saturated carbocycles. The van der Waals surface area contributed by atoms with Gasteiger partial charge in [0.1, 0.15) is 11.8 Å². The fourth-order valence-corrected chi connectivity index (χ4v) is 1.93. The quantitative estimate of drug-likeness (QED) is 0.885. The van der Waals surface area contributed by atoms with Gasteiger partial charge in [0.25, 0.3) is 0 Å². The summed E-state index contributed by atoms with van der Waals surface area (Å²) < 4.78 is 4.85. The standard InChI is InChI=1S/C15H16ClN3O3/c1-9-7-13(19-22-9)18-15(21)10(2)17-14(20)8-11-3-5-12(16)6-4-11/h3-7,10H,8H2,1-2H3,(H,17,20)(H,18,19,21)/t10-/m0/s1. The maximum Gasteiger partial charge on any atom is 0.247 e. The smallest absolute Gasteiger partial charge is 0.247 e. The lowest BCUT2D eigenvalue weighted by Crippen LogP contribution is -2.42. The second-order valence-electron chi connectivity index (χ2n) is 4.90. The van der Waals surface area contributed by atoms with Crippen LogP contribution in [0.1, 0.15) is 18.2 Å². The molecule has 0 aliphatic rings. The minimum Gasteiger partial charge on any atom is -0.360 e. The highest BCUT2D eigenvalue weighted by Crippen LogP contribution is 2.10.